The van der Waals surface area contributed by atoms with Crippen molar-refractivity contribution in [2.24, 2.45) is 5.92 Å². The van der Waals surface area contributed by atoms with Crippen LogP contribution in [0.1, 0.15) is 18.4 Å². The van der Waals surface area contributed by atoms with Crippen molar-refractivity contribution in [2.75, 3.05) is 29.8 Å². The highest BCUT2D eigenvalue weighted by Gasteiger charge is 2.60. The number of nitrogens with one attached hydrogen (secondary N) is 3. The molecule has 2 aromatic rings. The molecule has 2 heterocycles. The molecule has 31 heavy (non-hydrogen) atoms. The van der Waals surface area contributed by atoms with Crippen LogP contribution in [0.3, 0.4) is 0 Å². The molecule has 0 bridgehead atoms. The number of halogens is 2. The van der Waals surface area contributed by atoms with E-state index in [1.807, 2.05) is 12.3 Å². The van der Waals surface area contributed by atoms with Crippen LogP contribution in [0.2, 0.25) is 10.0 Å². The van der Waals surface area contributed by atoms with Gasteiger partial charge in [-0.05, 0) is 49.1 Å². The second kappa shape index (κ2) is 8.90. The lowest BCUT2D eigenvalue weighted by Gasteiger charge is -2.29. The number of carbonyl (C=O) groups is 2. The molecule has 2 amide bonds. The number of carbonyl (C=O) groups excluding carboxylic acids is 2. The number of rotatable bonds is 6. The summed E-state index contributed by atoms with van der Waals surface area (Å²) in [7, 11) is 1.53. The molecular formula is C22H23Cl2N3O3S. The lowest BCUT2D eigenvalue weighted by molar-refractivity contribution is -0.130. The molecule has 3 N–H and O–H groups in total. The third-order valence-electron chi connectivity index (χ3n) is 5.92. The first kappa shape index (κ1) is 22.3. The van der Waals surface area contributed by atoms with E-state index in [0.717, 1.165) is 12.2 Å². The fourth-order valence-corrected chi connectivity index (χ4v) is 5.41. The lowest BCUT2D eigenvalue weighted by Crippen LogP contribution is -2.52. The first-order valence-electron chi connectivity index (χ1n) is 9.92. The Hall–Kier alpha value is -1.93. The summed E-state index contributed by atoms with van der Waals surface area (Å²) >= 11 is 14.2. The van der Waals surface area contributed by atoms with Crippen molar-refractivity contribution in [3.63, 3.8) is 0 Å². The van der Waals surface area contributed by atoms with Gasteiger partial charge in [0.2, 0.25) is 11.8 Å². The van der Waals surface area contributed by atoms with Crippen LogP contribution in [0.15, 0.2) is 36.4 Å². The van der Waals surface area contributed by atoms with E-state index in [0.29, 0.717) is 39.2 Å². The van der Waals surface area contributed by atoms with E-state index in [1.165, 1.54) is 7.11 Å². The number of benzene rings is 2. The zero-order chi connectivity index (χ0) is 22.2. The molecule has 1 fully saturated rings. The Morgan fingerprint density at radius 2 is 2.13 bits per heavy atom. The van der Waals surface area contributed by atoms with Gasteiger partial charge in [0.25, 0.3) is 0 Å². The molecule has 0 saturated carbocycles. The van der Waals surface area contributed by atoms with Gasteiger partial charge in [-0.1, -0.05) is 35.3 Å². The number of anilines is 2. The van der Waals surface area contributed by atoms with Crippen LogP contribution in [0.5, 0.6) is 5.75 Å². The molecule has 9 heteroatoms. The summed E-state index contributed by atoms with van der Waals surface area (Å²) < 4.78 is 5.36. The Kier molecular flexibility index (Phi) is 6.40. The van der Waals surface area contributed by atoms with Gasteiger partial charge in [-0.15, -0.1) is 0 Å². The zero-order valence-electron chi connectivity index (χ0n) is 17.1. The highest BCUT2D eigenvalue weighted by atomic mass is 35.5. The molecule has 0 radical (unpaired) electrons. The van der Waals surface area contributed by atoms with E-state index < -0.39 is 11.5 Å². The molecule has 6 nitrogen and oxygen atoms in total. The second-order valence-electron chi connectivity index (χ2n) is 7.67. The maximum atomic E-state index is 13.5. The number of methoxy groups -OCH3 is 1. The standard InChI is InChI=1S/C22H23Cl2N3O3S/c1-30-18-7-6-12(23)10-17(18)25-20(28)15-11-13(8-9-31-2)27-22(15)14-4-3-5-16(24)19(14)26-21(22)29/h3-7,10,13,15,27H,8-9,11H2,1-2H3,(H,25,28)(H,26,29). The van der Waals surface area contributed by atoms with Gasteiger partial charge in [-0.3, -0.25) is 14.9 Å². The Labute approximate surface area is 195 Å². The van der Waals surface area contributed by atoms with Gasteiger partial charge in [0.1, 0.15) is 11.3 Å². The normalized spacial score (nSPS) is 24.2. The fourth-order valence-electron chi connectivity index (χ4n) is 4.50. The van der Waals surface area contributed by atoms with E-state index in [4.69, 9.17) is 27.9 Å². The summed E-state index contributed by atoms with van der Waals surface area (Å²) in [5.74, 6) is 0.246. The largest absolute Gasteiger partial charge is 0.495 e. The SMILES string of the molecule is COc1ccc(Cl)cc1NC(=O)C1CC(CCSC)NC12C(=O)Nc1c(Cl)cccc12. The van der Waals surface area contributed by atoms with Crippen molar-refractivity contribution in [3.05, 3.63) is 52.0 Å². The maximum absolute atomic E-state index is 13.5. The first-order valence-corrected chi connectivity index (χ1v) is 12.1. The average Bonchev–Trinajstić information content (AvgIpc) is 3.27. The number of thioether (sulfide) groups is 1. The molecule has 2 aromatic carbocycles. The predicted octanol–water partition coefficient (Wildman–Crippen LogP) is 4.52. The minimum absolute atomic E-state index is 0.0140. The van der Waals surface area contributed by atoms with Gasteiger partial charge in [-0.2, -0.15) is 11.8 Å². The number of fused-ring (bicyclic) bond motifs is 2. The molecule has 1 spiro atoms. The predicted molar refractivity (Wildman–Crippen MR) is 126 cm³/mol. The smallest absolute Gasteiger partial charge is 0.250 e. The quantitative estimate of drug-likeness (QED) is 0.567. The Balaban J connectivity index is 1.73. The van der Waals surface area contributed by atoms with E-state index in [9.17, 15) is 9.59 Å². The summed E-state index contributed by atoms with van der Waals surface area (Å²) in [5.41, 5.74) is 0.548. The first-order chi connectivity index (χ1) is 14.9. The van der Waals surface area contributed by atoms with Crippen molar-refractivity contribution in [1.29, 1.82) is 0 Å². The molecule has 4 rings (SSSR count). The average molecular weight is 480 g/mol. The Bertz CT molecular complexity index is 1040. The third-order valence-corrected chi connectivity index (χ3v) is 7.11. The van der Waals surface area contributed by atoms with Crippen molar-refractivity contribution in [3.8, 4) is 5.75 Å². The lowest BCUT2D eigenvalue weighted by atomic mass is 9.79. The summed E-state index contributed by atoms with van der Waals surface area (Å²) in [5, 5.41) is 10.2. The van der Waals surface area contributed by atoms with E-state index in [2.05, 4.69) is 16.0 Å². The molecule has 164 valence electrons. The summed E-state index contributed by atoms with van der Waals surface area (Å²) in [4.78, 5) is 26.9. The van der Waals surface area contributed by atoms with Gasteiger partial charge >= 0.3 is 0 Å². The number of hydrogen-bond donors (Lipinski definition) is 3. The maximum Gasteiger partial charge on any atom is 0.250 e. The highest BCUT2D eigenvalue weighted by molar-refractivity contribution is 7.98. The van der Waals surface area contributed by atoms with Crippen LogP contribution in [-0.4, -0.2) is 37.0 Å². The molecule has 2 aliphatic heterocycles. The van der Waals surface area contributed by atoms with Gasteiger partial charge in [0.15, 0.2) is 0 Å². The van der Waals surface area contributed by atoms with Crippen LogP contribution in [-0.2, 0) is 15.1 Å². The summed E-state index contributed by atoms with van der Waals surface area (Å²) in [6.45, 7) is 0. The molecule has 0 aliphatic carbocycles. The van der Waals surface area contributed by atoms with E-state index >= 15 is 0 Å². The number of ether oxygens (including phenoxy) is 1. The summed E-state index contributed by atoms with van der Waals surface area (Å²) in [6, 6.07) is 10.4. The van der Waals surface area contributed by atoms with Crippen molar-refractivity contribution >= 4 is 58.2 Å². The van der Waals surface area contributed by atoms with Crippen molar-refractivity contribution < 1.29 is 14.3 Å². The van der Waals surface area contributed by atoms with Crippen LogP contribution in [0, 0.1) is 5.92 Å². The monoisotopic (exact) mass is 479 g/mol. The van der Waals surface area contributed by atoms with E-state index in [1.54, 1.807) is 42.1 Å². The number of amides is 2. The van der Waals surface area contributed by atoms with Crippen LogP contribution < -0.4 is 20.7 Å². The molecule has 1 saturated heterocycles. The summed E-state index contributed by atoms with van der Waals surface area (Å²) in [6.07, 6.45) is 3.41. The van der Waals surface area contributed by atoms with Crippen LogP contribution in [0.4, 0.5) is 11.4 Å². The Morgan fingerprint density at radius 3 is 2.87 bits per heavy atom. The highest BCUT2D eigenvalue weighted by Crippen LogP contribution is 2.49. The van der Waals surface area contributed by atoms with Gasteiger partial charge in [0.05, 0.1) is 29.4 Å². The minimum Gasteiger partial charge on any atom is -0.495 e. The topological polar surface area (TPSA) is 79.5 Å². The van der Waals surface area contributed by atoms with Crippen molar-refractivity contribution in [2.45, 2.75) is 24.4 Å². The molecule has 0 aromatic heterocycles. The number of hydrogen-bond acceptors (Lipinski definition) is 5. The third kappa shape index (κ3) is 3.89. The molecule has 3 unspecified atom stereocenters. The Morgan fingerprint density at radius 1 is 1.32 bits per heavy atom. The zero-order valence-corrected chi connectivity index (χ0v) is 19.5. The molecular weight excluding hydrogens is 457 g/mol. The molecule has 2 aliphatic rings. The van der Waals surface area contributed by atoms with E-state index in [-0.39, 0.29) is 17.9 Å². The fraction of sp³-hybridized carbons (Fsp3) is 0.364. The van der Waals surface area contributed by atoms with Gasteiger partial charge < -0.3 is 15.4 Å². The van der Waals surface area contributed by atoms with Gasteiger partial charge in [0, 0.05) is 16.6 Å². The van der Waals surface area contributed by atoms with Crippen LogP contribution >= 0.6 is 35.0 Å². The van der Waals surface area contributed by atoms with Crippen molar-refractivity contribution in [1.82, 2.24) is 5.32 Å². The van der Waals surface area contributed by atoms with Crippen LogP contribution in [0.25, 0.3) is 0 Å². The molecule has 3 atom stereocenters. The van der Waals surface area contributed by atoms with Gasteiger partial charge in [-0.25, -0.2) is 0 Å². The number of para-hydroxylation sites is 1. The minimum atomic E-state index is -1.18. The second-order valence-corrected chi connectivity index (χ2v) is 9.50.